The average molecular weight is 423 g/mol. The Bertz CT molecular complexity index is 943. The van der Waals surface area contributed by atoms with Gasteiger partial charge >= 0.3 is 0 Å². The zero-order valence-electron chi connectivity index (χ0n) is 17.0. The number of carbonyl (C=O) groups excluding carboxylic acids is 3. The summed E-state index contributed by atoms with van der Waals surface area (Å²) in [4.78, 5) is 38.2. The number of hydrogen-bond donors (Lipinski definition) is 2. The Hall–Kier alpha value is -3.39. The maximum absolute atomic E-state index is 12.6. The van der Waals surface area contributed by atoms with Crippen molar-refractivity contribution >= 4 is 17.7 Å². The van der Waals surface area contributed by atoms with E-state index < -0.39 is 11.9 Å². The summed E-state index contributed by atoms with van der Waals surface area (Å²) < 4.78 is 11.5. The van der Waals surface area contributed by atoms with E-state index in [1.165, 1.54) is 4.90 Å². The van der Waals surface area contributed by atoms with E-state index in [4.69, 9.17) is 15.2 Å². The highest BCUT2D eigenvalue weighted by Crippen LogP contribution is 2.30. The molecule has 2 aromatic rings. The van der Waals surface area contributed by atoms with Gasteiger partial charge in [-0.25, -0.2) is 0 Å². The van der Waals surface area contributed by atoms with E-state index in [-0.39, 0.29) is 30.6 Å². The predicted molar refractivity (Wildman–Crippen MR) is 112 cm³/mol. The van der Waals surface area contributed by atoms with E-state index in [9.17, 15) is 14.4 Å². The third kappa shape index (κ3) is 5.40. The third-order valence-corrected chi connectivity index (χ3v) is 5.32. The van der Waals surface area contributed by atoms with Crippen molar-refractivity contribution in [3.05, 3.63) is 60.2 Å². The van der Waals surface area contributed by atoms with Gasteiger partial charge in [0, 0.05) is 18.5 Å². The average Bonchev–Trinajstić information content (AvgIpc) is 3.48. The lowest BCUT2D eigenvalue weighted by atomic mass is 10.2. The Morgan fingerprint density at radius 1 is 0.968 bits per heavy atom. The first-order valence-electron chi connectivity index (χ1n) is 10.3. The lowest BCUT2D eigenvalue weighted by molar-refractivity contribution is -0.136. The van der Waals surface area contributed by atoms with Crippen LogP contribution in [0, 0.1) is 0 Å². The van der Waals surface area contributed by atoms with E-state index in [0.717, 1.165) is 12.8 Å². The zero-order chi connectivity index (χ0) is 21.8. The van der Waals surface area contributed by atoms with Gasteiger partial charge in [-0.2, -0.15) is 0 Å². The Kier molecular flexibility index (Phi) is 6.18. The van der Waals surface area contributed by atoms with Gasteiger partial charge in [0.05, 0.1) is 18.8 Å². The summed E-state index contributed by atoms with van der Waals surface area (Å²) in [5, 5.41) is 2.61. The molecule has 1 saturated carbocycles. The molecule has 0 spiro atoms. The molecule has 31 heavy (non-hydrogen) atoms. The Morgan fingerprint density at radius 3 is 2.29 bits per heavy atom. The van der Waals surface area contributed by atoms with Crippen molar-refractivity contribution in [1.29, 1.82) is 0 Å². The molecule has 8 heteroatoms. The molecule has 2 atom stereocenters. The van der Waals surface area contributed by atoms with Crippen LogP contribution in [0.4, 0.5) is 0 Å². The number of rotatable bonds is 8. The molecule has 0 radical (unpaired) electrons. The minimum Gasteiger partial charge on any atom is -0.457 e. The lowest BCUT2D eigenvalue weighted by Gasteiger charge is -2.22. The molecule has 0 aromatic heterocycles. The van der Waals surface area contributed by atoms with Crippen LogP contribution in [0.15, 0.2) is 54.6 Å². The van der Waals surface area contributed by atoms with Gasteiger partial charge in [0.2, 0.25) is 11.8 Å². The summed E-state index contributed by atoms with van der Waals surface area (Å²) >= 11 is 0. The molecule has 2 aliphatic rings. The molecule has 2 aromatic carbocycles. The minimum absolute atomic E-state index is 0.193. The Morgan fingerprint density at radius 2 is 1.65 bits per heavy atom. The largest absolute Gasteiger partial charge is 0.457 e. The second-order valence-corrected chi connectivity index (χ2v) is 7.78. The molecule has 2 unspecified atom stereocenters. The van der Waals surface area contributed by atoms with Crippen LogP contribution >= 0.6 is 0 Å². The van der Waals surface area contributed by atoms with Gasteiger partial charge in [-0.3, -0.25) is 14.4 Å². The van der Waals surface area contributed by atoms with E-state index in [2.05, 4.69) is 5.32 Å². The standard InChI is InChI=1S/C23H25N3O5/c24-22(28)20-12-19(31-18-10-11-18)14-26(20)21(27)13-25-23(29)15-6-8-17(9-7-15)30-16-4-2-1-3-5-16/h1-9,18-20H,10-14H2,(H2,24,28)(H,25,29). The first-order valence-corrected chi connectivity index (χ1v) is 10.3. The number of para-hydroxylation sites is 1. The van der Waals surface area contributed by atoms with Crippen molar-refractivity contribution in [1.82, 2.24) is 10.2 Å². The first kappa shape index (κ1) is 20.9. The van der Waals surface area contributed by atoms with Crippen molar-refractivity contribution in [2.75, 3.05) is 13.1 Å². The van der Waals surface area contributed by atoms with Gasteiger partial charge in [0.1, 0.15) is 17.5 Å². The van der Waals surface area contributed by atoms with Crippen molar-refractivity contribution in [2.45, 2.75) is 37.5 Å². The summed E-state index contributed by atoms with van der Waals surface area (Å²) in [6.07, 6.45) is 2.45. The van der Waals surface area contributed by atoms with Crippen LogP contribution in [0.3, 0.4) is 0 Å². The topological polar surface area (TPSA) is 111 Å². The number of primary amides is 1. The highest BCUT2D eigenvalue weighted by molar-refractivity contribution is 5.97. The van der Waals surface area contributed by atoms with Gasteiger partial charge in [-0.15, -0.1) is 0 Å². The highest BCUT2D eigenvalue weighted by Gasteiger charge is 2.41. The molecular formula is C23H25N3O5. The molecule has 1 saturated heterocycles. The van der Waals surface area contributed by atoms with Crippen molar-refractivity contribution in [3.63, 3.8) is 0 Å². The third-order valence-electron chi connectivity index (χ3n) is 5.32. The number of ether oxygens (including phenoxy) is 2. The summed E-state index contributed by atoms with van der Waals surface area (Å²) in [6, 6.07) is 15.2. The normalized spacial score (nSPS) is 20.3. The quantitative estimate of drug-likeness (QED) is 0.673. The molecular weight excluding hydrogens is 398 g/mol. The number of carbonyl (C=O) groups is 3. The zero-order valence-corrected chi connectivity index (χ0v) is 17.0. The summed E-state index contributed by atoms with van der Waals surface area (Å²) in [5.74, 6) is -0.00958. The monoisotopic (exact) mass is 423 g/mol. The SMILES string of the molecule is NC(=O)C1CC(OC2CC2)CN1C(=O)CNC(=O)c1ccc(Oc2ccccc2)cc1. The van der Waals surface area contributed by atoms with E-state index >= 15 is 0 Å². The first-order chi connectivity index (χ1) is 15.0. The fraction of sp³-hybridized carbons (Fsp3) is 0.348. The number of nitrogens with two attached hydrogens (primary N) is 1. The van der Waals surface area contributed by atoms with Crippen molar-refractivity contribution in [2.24, 2.45) is 5.73 Å². The molecule has 0 bridgehead atoms. The molecule has 8 nitrogen and oxygen atoms in total. The van der Waals surface area contributed by atoms with Crippen LogP contribution in [0.5, 0.6) is 11.5 Å². The van der Waals surface area contributed by atoms with Gasteiger partial charge in [0.15, 0.2) is 0 Å². The predicted octanol–water partition coefficient (Wildman–Crippen LogP) is 1.84. The van der Waals surface area contributed by atoms with E-state index in [1.807, 2.05) is 30.3 Å². The van der Waals surface area contributed by atoms with Gasteiger partial charge in [-0.1, -0.05) is 18.2 Å². The number of amides is 3. The van der Waals surface area contributed by atoms with Crippen LogP contribution in [-0.2, 0) is 14.3 Å². The molecule has 4 rings (SSSR count). The smallest absolute Gasteiger partial charge is 0.251 e. The fourth-order valence-corrected chi connectivity index (χ4v) is 3.58. The molecule has 162 valence electrons. The number of likely N-dealkylation sites (tertiary alicyclic amines) is 1. The maximum atomic E-state index is 12.6. The maximum Gasteiger partial charge on any atom is 0.251 e. The Labute approximate surface area is 180 Å². The van der Waals surface area contributed by atoms with E-state index in [1.54, 1.807) is 24.3 Å². The number of nitrogens with zero attached hydrogens (tertiary/aromatic N) is 1. The van der Waals surface area contributed by atoms with Gasteiger partial charge in [-0.05, 0) is 49.2 Å². The van der Waals surface area contributed by atoms with Crippen LogP contribution in [0.2, 0.25) is 0 Å². The number of nitrogens with one attached hydrogen (secondary N) is 1. The molecule has 3 N–H and O–H groups in total. The number of hydrogen-bond acceptors (Lipinski definition) is 5. The van der Waals surface area contributed by atoms with Crippen LogP contribution < -0.4 is 15.8 Å². The van der Waals surface area contributed by atoms with Crippen LogP contribution in [0.1, 0.15) is 29.6 Å². The van der Waals surface area contributed by atoms with Gasteiger partial charge < -0.3 is 25.4 Å². The Balaban J connectivity index is 1.30. The lowest BCUT2D eigenvalue weighted by Crippen LogP contribution is -2.47. The van der Waals surface area contributed by atoms with Gasteiger partial charge in [0.25, 0.3) is 5.91 Å². The highest BCUT2D eigenvalue weighted by atomic mass is 16.5. The second kappa shape index (κ2) is 9.18. The fourth-order valence-electron chi connectivity index (χ4n) is 3.58. The molecule has 1 heterocycles. The summed E-state index contributed by atoms with van der Waals surface area (Å²) in [5.41, 5.74) is 5.86. The minimum atomic E-state index is -0.706. The molecule has 1 aliphatic heterocycles. The molecule has 3 amide bonds. The molecule has 2 fully saturated rings. The van der Waals surface area contributed by atoms with Crippen molar-refractivity contribution in [3.8, 4) is 11.5 Å². The van der Waals surface area contributed by atoms with Crippen molar-refractivity contribution < 1.29 is 23.9 Å². The molecule has 1 aliphatic carbocycles. The van der Waals surface area contributed by atoms with Crippen LogP contribution in [-0.4, -0.2) is 54.0 Å². The summed E-state index contributed by atoms with van der Waals surface area (Å²) in [6.45, 7) is 0.0887. The summed E-state index contributed by atoms with van der Waals surface area (Å²) in [7, 11) is 0. The second-order valence-electron chi connectivity index (χ2n) is 7.78. The van der Waals surface area contributed by atoms with E-state index in [0.29, 0.717) is 30.0 Å². The number of benzene rings is 2. The van der Waals surface area contributed by atoms with Crippen LogP contribution in [0.25, 0.3) is 0 Å².